The molecule has 1 N–H and O–H groups in total. The Hall–Kier alpha value is -4.02. The van der Waals surface area contributed by atoms with Crippen LogP contribution in [0.4, 0.5) is 5.69 Å². The average Bonchev–Trinajstić information content (AvgIpc) is 3.20. The molecule has 0 aromatic heterocycles. The summed E-state index contributed by atoms with van der Waals surface area (Å²) in [6.07, 6.45) is 7.74. The maximum atomic E-state index is 14.2. The van der Waals surface area contributed by atoms with Crippen molar-refractivity contribution in [2.45, 2.75) is 44.1 Å². The van der Waals surface area contributed by atoms with Crippen LogP contribution in [0.25, 0.3) is 0 Å². The van der Waals surface area contributed by atoms with Gasteiger partial charge in [0, 0.05) is 48.1 Å². The molecule has 1 fully saturated rings. The van der Waals surface area contributed by atoms with E-state index in [1.807, 2.05) is 30.3 Å². The third-order valence-corrected chi connectivity index (χ3v) is 11.8. The van der Waals surface area contributed by atoms with Crippen LogP contribution in [0.1, 0.15) is 52.7 Å². The fourth-order valence-corrected chi connectivity index (χ4v) is 8.78. The first-order chi connectivity index (χ1) is 23.1. The van der Waals surface area contributed by atoms with Gasteiger partial charge in [0.1, 0.15) is 11.5 Å². The van der Waals surface area contributed by atoms with Crippen LogP contribution in [-0.4, -0.2) is 64.2 Å². The summed E-state index contributed by atoms with van der Waals surface area (Å²) in [4.78, 5) is 31.6. The van der Waals surface area contributed by atoms with Gasteiger partial charge in [-0.25, -0.2) is 13.1 Å². The number of nitrogens with one attached hydrogen (secondary N) is 1. The van der Waals surface area contributed by atoms with Crippen molar-refractivity contribution in [1.82, 2.24) is 9.62 Å². The molecule has 3 aromatic carbocycles. The molecule has 11 heteroatoms. The maximum Gasteiger partial charge on any atom is 0.264 e. The van der Waals surface area contributed by atoms with E-state index in [2.05, 4.69) is 21.8 Å². The van der Waals surface area contributed by atoms with Crippen molar-refractivity contribution < 1.29 is 27.5 Å². The highest BCUT2D eigenvalue weighted by molar-refractivity contribution is 7.90. The minimum atomic E-state index is -3.97. The lowest BCUT2D eigenvalue weighted by Crippen LogP contribution is -2.51. The molecule has 2 bridgehead atoms. The second kappa shape index (κ2) is 13.1. The molecule has 252 valence electrons. The van der Waals surface area contributed by atoms with Crippen molar-refractivity contribution in [3.8, 4) is 11.5 Å². The van der Waals surface area contributed by atoms with E-state index >= 15 is 0 Å². The van der Waals surface area contributed by atoms with Gasteiger partial charge in [0.2, 0.25) is 15.9 Å². The smallest absolute Gasteiger partial charge is 0.264 e. The SMILES string of the molecule is COc1ccc(CN2C/C=C/CS(=O)(=O)NC(=O)c3ccc4c(c3)N(C[C@@H]3CC[C@H]3C2=O)C[C@@]2(CCCc3cc(Cl)ccc32)CO4)cc1. The van der Waals surface area contributed by atoms with Gasteiger partial charge in [-0.2, -0.15) is 0 Å². The molecule has 2 heterocycles. The molecule has 1 saturated carbocycles. The Bertz CT molecular complexity index is 1860. The zero-order valence-corrected chi connectivity index (χ0v) is 28.6. The summed E-state index contributed by atoms with van der Waals surface area (Å²) in [6.45, 7) is 2.33. The van der Waals surface area contributed by atoms with E-state index in [0.717, 1.165) is 49.1 Å². The van der Waals surface area contributed by atoms with Gasteiger partial charge in [-0.05, 0) is 97.2 Å². The van der Waals surface area contributed by atoms with Gasteiger partial charge in [0.15, 0.2) is 0 Å². The number of carbonyl (C=O) groups is 2. The van der Waals surface area contributed by atoms with Crippen molar-refractivity contribution in [3.63, 3.8) is 0 Å². The fraction of sp³-hybridized carbons (Fsp3) is 0.405. The molecule has 4 aliphatic rings. The van der Waals surface area contributed by atoms with Gasteiger partial charge in [0.05, 0.1) is 25.2 Å². The molecule has 9 nitrogen and oxygen atoms in total. The zero-order valence-electron chi connectivity index (χ0n) is 27.0. The van der Waals surface area contributed by atoms with E-state index in [0.29, 0.717) is 37.0 Å². The minimum absolute atomic E-state index is 0.0578. The van der Waals surface area contributed by atoms with Crippen LogP contribution in [0.2, 0.25) is 5.02 Å². The van der Waals surface area contributed by atoms with Crippen molar-refractivity contribution in [2.75, 3.05) is 44.0 Å². The van der Waals surface area contributed by atoms with Gasteiger partial charge in [-0.3, -0.25) is 9.59 Å². The summed E-state index contributed by atoms with van der Waals surface area (Å²) in [6, 6.07) is 18.8. The highest BCUT2D eigenvalue weighted by Crippen LogP contribution is 2.46. The van der Waals surface area contributed by atoms with Crippen molar-refractivity contribution in [2.24, 2.45) is 11.8 Å². The maximum absolute atomic E-state index is 14.2. The first-order valence-corrected chi connectivity index (χ1v) is 18.6. The standard InChI is InChI=1S/C37H40ClN3O6S/c1-46-30-11-6-25(7-12-30)21-40-17-2-3-18-48(44,45)39-35(42)27-9-15-34-33(20-27)41(22-28-8-13-31(28)36(40)43)23-37(24-47-34)16-4-5-26-19-29(38)10-14-32(26)37/h2-3,6-7,9-12,14-15,19-20,28,31H,4-5,8,13,16-18,21-24H2,1H3,(H,39,42)/b3-2+/t28-,31+,37-/m0/s1. The quantitative estimate of drug-likeness (QED) is 0.362. The van der Waals surface area contributed by atoms with Gasteiger partial charge in [0.25, 0.3) is 5.91 Å². The Kier molecular flexibility index (Phi) is 8.89. The van der Waals surface area contributed by atoms with Crippen LogP contribution in [0, 0.1) is 11.8 Å². The third kappa shape index (κ3) is 6.52. The largest absolute Gasteiger partial charge is 0.497 e. The number of nitrogens with zero attached hydrogens (tertiary/aromatic N) is 2. The van der Waals surface area contributed by atoms with Crippen LogP contribution in [0.5, 0.6) is 11.5 Å². The molecule has 2 amide bonds. The Morgan fingerprint density at radius 3 is 2.65 bits per heavy atom. The van der Waals surface area contributed by atoms with Gasteiger partial charge in [-0.15, -0.1) is 0 Å². The number of amides is 2. The topological polar surface area (TPSA) is 105 Å². The Labute approximate surface area is 286 Å². The number of hydrogen-bond donors (Lipinski definition) is 1. The molecule has 0 radical (unpaired) electrons. The lowest BCUT2D eigenvalue weighted by molar-refractivity contribution is -0.141. The number of halogens is 1. The molecular formula is C37H40ClN3O6S. The lowest BCUT2D eigenvalue weighted by atomic mass is 9.69. The second-order valence-electron chi connectivity index (χ2n) is 13.5. The van der Waals surface area contributed by atoms with E-state index < -0.39 is 15.9 Å². The van der Waals surface area contributed by atoms with Crippen molar-refractivity contribution in [1.29, 1.82) is 0 Å². The number of benzene rings is 3. The summed E-state index contributed by atoms with van der Waals surface area (Å²) < 4.78 is 40.0. The summed E-state index contributed by atoms with van der Waals surface area (Å²) in [5.74, 6) is 0.273. The normalized spacial score (nSPS) is 25.9. The highest BCUT2D eigenvalue weighted by Gasteiger charge is 2.45. The van der Waals surface area contributed by atoms with Gasteiger partial charge >= 0.3 is 0 Å². The molecule has 48 heavy (non-hydrogen) atoms. The molecular weight excluding hydrogens is 650 g/mol. The van der Waals surface area contributed by atoms with E-state index in [4.69, 9.17) is 21.1 Å². The minimum Gasteiger partial charge on any atom is -0.497 e. The Morgan fingerprint density at radius 1 is 1.04 bits per heavy atom. The lowest BCUT2D eigenvalue weighted by Gasteiger charge is -2.45. The Balaban J connectivity index is 1.26. The van der Waals surface area contributed by atoms with E-state index in [1.54, 1.807) is 36.3 Å². The fourth-order valence-electron chi connectivity index (χ4n) is 7.71. The van der Waals surface area contributed by atoms with E-state index in [1.165, 1.54) is 17.2 Å². The number of rotatable bonds is 3. The molecule has 1 spiro atoms. The van der Waals surface area contributed by atoms with Crippen molar-refractivity contribution >= 4 is 39.1 Å². The van der Waals surface area contributed by atoms with Crippen molar-refractivity contribution in [3.05, 3.63) is 100 Å². The average molecular weight is 690 g/mol. The predicted molar refractivity (Wildman–Crippen MR) is 185 cm³/mol. The van der Waals surface area contributed by atoms with Gasteiger partial charge in [-0.1, -0.05) is 42.0 Å². The molecule has 3 atom stereocenters. The van der Waals surface area contributed by atoms with Crippen LogP contribution in [0.3, 0.4) is 0 Å². The summed E-state index contributed by atoms with van der Waals surface area (Å²) in [5, 5.41) is 0.712. The Morgan fingerprint density at radius 2 is 1.88 bits per heavy atom. The molecule has 7 rings (SSSR count). The first-order valence-electron chi connectivity index (χ1n) is 16.6. The monoisotopic (exact) mass is 689 g/mol. The summed E-state index contributed by atoms with van der Waals surface area (Å²) in [5.41, 5.74) is 4.05. The summed E-state index contributed by atoms with van der Waals surface area (Å²) in [7, 11) is -2.36. The molecule has 0 unspecified atom stereocenters. The number of carbonyl (C=O) groups excluding carboxylic acids is 2. The van der Waals surface area contributed by atoms with Crippen LogP contribution in [0.15, 0.2) is 72.8 Å². The predicted octanol–water partition coefficient (Wildman–Crippen LogP) is 5.51. The van der Waals surface area contributed by atoms with E-state index in [9.17, 15) is 18.0 Å². The molecule has 0 saturated heterocycles. The number of sulfonamides is 1. The number of anilines is 1. The molecule has 3 aromatic rings. The molecule has 2 aliphatic carbocycles. The van der Waals surface area contributed by atoms with Crippen LogP contribution in [-0.2, 0) is 33.2 Å². The summed E-state index contributed by atoms with van der Waals surface area (Å²) >= 11 is 6.42. The van der Waals surface area contributed by atoms with E-state index in [-0.39, 0.29) is 41.0 Å². The number of hydrogen-bond acceptors (Lipinski definition) is 7. The first kappa shape index (κ1) is 32.5. The molecule has 2 aliphatic heterocycles. The number of aryl methyl sites for hydroxylation is 1. The van der Waals surface area contributed by atoms with Crippen LogP contribution < -0.4 is 19.1 Å². The second-order valence-corrected chi connectivity index (χ2v) is 15.7. The number of methoxy groups -OCH3 is 1. The third-order valence-electron chi connectivity index (χ3n) is 10.4. The highest BCUT2D eigenvalue weighted by atomic mass is 35.5. The van der Waals surface area contributed by atoms with Crippen LogP contribution >= 0.6 is 11.6 Å². The van der Waals surface area contributed by atoms with Gasteiger partial charge < -0.3 is 19.3 Å². The number of fused-ring (bicyclic) bond motifs is 4. The zero-order chi connectivity index (χ0) is 33.5. The number of ether oxygens (including phenoxy) is 2.